The predicted octanol–water partition coefficient (Wildman–Crippen LogP) is 2.87. The minimum absolute atomic E-state index is 0.228. The number of ketones is 2. The van der Waals surface area contributed by atoms with E-state index < -0.39 is 41.9 Å². The number of rotatable bonds is 3. The summed E-state index contributed by atoms with van der Waals surface area (Å²) in [5.41, 5.74) is -0.774. The minimum atomic E-state index is -5.04. The number of nitrogens with zero attached hydrogens (tertiary/aromatic N) is 1. The van der Waals surface area contributed by atoms with Crippen molar-refractivity contribution in [3.8, 4) is 0 Å². The highest BCUT2D eigenvalue weighted by molar-refractivity contribution is 6.04. The molecule has 0 aromatic carbocycles. The fourth-order valence-corrected chi connectivity index (χ4v) is 2.18. The first-order valence-electron chi connectivity index (χ1n) is 7.04. The molecule has 0 aliphatic carbocycles. The molecule has 0 aromatic heterocycles. The molecule has 0 radical (unpaired) electrons. The molecule has 0 saturated carbocycles. The van der Waals surface area contributed by atoms with E-state index in [1.807, 2.05) is 0 Å². The first-order valence-corrected chi connectivity index (χ1v) is 7.04. The van der Waals surface area contributed by atoms with Gasteiger partial charge in [0.2, 0.25) is 5.78 Å². The number of alkyl halides is 3. The van der Waals surface area contributed by atoms with E-state index in [2.05, 4.69) is 0 Å². The Morgan fingerprint density at radius 2 is 1.73 bits per heavy atom. The first kappa shape index (κ1) is 18.4. The van der Waals surface area contributed by atoms with Gasteiger partial charge in [-0.1, -0.05) is 0 Å². The topological polar surface area (TPSA) is 63.7 Å². The fourth-order valence-electron chi connectivity index (χ4n) is 2.18. The zero-order valence-electron chi connectivity index (χ0n) is 12.8. The number of piperidine rings is 1. The molecule has 1 aliphatic heterocycles. The van der Waals surface area contributed by atoms with Gasteiger partial charge in [0.05, 0.1) is 12.5 Å². The molecule has 1 amide bonds. The van der Waals surface area contributed by atoms with Crippen molar-refractivity contribution in [2.75, 3.05) is 6.54 Å². The number of likely N-dealkylation sites (tertiary alicyclic amines) is 1. The molecule has 1 atom stereocenters. The third-order valence-electron chi connectivity index (χ3n) is 3.15. The zero-order valence-corrected chi connectivity index (χ0v) is 12.8. The van der Waals surface area contributed by atoms with E-state index in [1.165, 1.54) is 0 Å². The van der Waals surface area contributed by atoms with E-state index in [4.69, 9.17) is 4.74 Å². The summed E-state index contributed by atoms with van der Waals surface area (Å²) in [4.78, 5) is 36.1. The van der Waals surface area contributed by atoms with Gasteiger partial charge in [-0.2, -0.15) is 13.2 Å². The molecule has 1 heterocycles. The summed E-state index contributed by atoms with van der Waals surface area (Å²) in [6.45, 7) is 5.18. The largest absolute Gasteiger partial charge is 0.450 e. The SMILES string of the molecule is CC(C)(C)OC(=O)N1CCCCC1C(=O)CC(=O)C(F)(F)F. The van der Waals surface area contributed by atoms with Crippen LogP contribution < -0.4 is 0 Å². The number of carbonyl (C=O) groups is 3. The molecule has 8 heteroatoms. The summed E-state index contributed by atoms with van der Waals surface area (Å²) >= 11 is 0. The van der Waals surface area contributed by atoms with Crippen molar-refractivity contribution in [1.29, 1.82) is 0 Å². The number of hydrogen-bond acceptors (Lipinski definition) is 4. The van der Waals surface area contributed by atoms with E-state index in [0.29, 0.717) is 12.8 Å². The van der Waals surface area contributed by atoms with E-state index in [1.54, 1.807) is 20.8 Å². The Morgan fingerprint density at radius 1 is 1.14 bits per heavy atom. The van der Waals surface area contributed by atoms with Gasteiger partial charge < -0.3 is 4.74 Å². The number of hydrogen-bond donors (Lipinski definition) is 0. The molecule has 22 heavy (non-hydrogen) atoms. The Hall–Kier alpha value is -1.60. The Bertz CT molecular complexity index is 454. The Morgan fingerprint density at radius 3 is 2.23 bits per heavy atom. The van der Waals surface area contributed by atoms with E-state index in [0.717, 1.165) is 4.90 Å². The van der Waals surface area contributed by atoms with Gasteiger partial charge in [0.25, 0.3) is 0 Å². The van der Waals surface area contributed by atoms with Gasteiger partial charge in [-0.05, 0) is 40.0 Å². The van der Waals surface area contributed by atoms with Gasteiger partial charge in [-0.25, -0.2) is 4.79 Å². The average Bonchev–Trinajstić information content (AvgIpc) is 2.35. The van der Waals surface area contributed by atoms with Crippen molar-refractivity contribution in [2.24, 2.45) is 0 Å². The number of carbonyl (C=O) groups excluding carboxylic acids is 3. The van der Waals surface area contributed by atoms with Crippen molar-refractivity contribution in [3.05, 3.63) is 0 Å². The van der Waals surface area contributed by atoms with Crippen molar-refractivity contribution in [3.63, 3.8) is 0 Å². The van der Waals surface area contributed by atoms with E-state index >= 15 is 0 Å². The molecular weight excluding hydrogens is 303 g/mol. The van der Waals surface area contributed by atoms with Crippen LogP contribution in [0.5, 0.6) is 0 Å². The monoisotopic (exact) mass is 323 g/mol. The van der Waals surface area contributed by atoms with Gasteiger partial charge in [-0.3, -0.25) is 14.5 Å². The quantitative estimate of drug-likeness (QED) is 0.749. The second-order valence-electron chi connectivity index (χ2n) is 6.25. The van der Waals surface area contributed by atoms with Gasteiger partial charge in [-0.15, -0.1) is 0 Å². The van der Waals surface area contributed by atoms with Crippen LogP contribution in [0.3, 0.4) is 0 Å². The molecule has 0 N–H and O–H groups in total. The summed E-state index contributed by atoms with van der Waals surface area (Å²) in [5, 5.41) is 0. The summed E-state index contributed by atoms with van der Waals surface area (Å²) in [7, 11) is 0. The average molecular weight is 323 g/mol. The second kappa shape index (κ2) is 6.66. The Balaban J connectivity index is 2.79. The highest BCUT2D eigenvalue weighted by Gasteiger charge is 2.42. The second-order valence-corrected chi connectivity index (χ2v) is 6.25. The van der Waals surface area contributed by atoms with Crippen LogP contribution in [-0.4, -0.2) is 46.9 Å². The predicted molar refractivity (Wildman–Crippen MR) is 71.3 cm³/mol. The van der Waals surface area contributed by atoms with Crippen LogP contribution in [0.15, 0.2) is 0 Å². The zero-order chi connectivity index (χ0) is 17.1. The van der Waals surface area contributed by atoms with E-state index in [9.17, 15) is 27.6 Å². The third kappa shape index (κ3) is 5.31. The third-order valence-corrected chi connectivity index (χ3v) is 3.15. The lowest BCUT2D eigenvalue weighted by atomic mass is 9.96. The van der Waals surface area contributed by atoms with Gasteiger partial charge in [0, 0.05) is 6.54 Å². The normalized spacial score (nSPS) is 19.7. The summed E-state index contributed by atoms with van der Waals surface area (Å²) in [5.74, 6) is -2.99. The lowest BCUT2D eigenvalue weighted by Crippen LogP contribution is -2.50. The smallest absolute Gasteiger partial charge is 0.444 e. The van der Waals surface area contributed by atoms with Crippen LogP contribution in [-0.2, 0) is 14.3 Å². The molecule has 126 valence electrons. The van der Waals surface area contributed by atoms with Gasteiger partial charge in [0.1, 0.15) is 5.60 Å². The summed E-state index contributed by atoms with van der Waals surface area (Å²) in [6, 6.07) is -1.03. The standard InChI is InChI=1S/C14H20F3NO4/c1-13(2,3)22-12(21)18-7-5-4-6-9(18)10(19)8-11(20)14(15,16)17/h9H,4-8H2,1-3H3. The highest BCUT2D eigenvalue weighted by atomic mass is 19.4. The summed E-state index contributed by atoms with van der Waals surface area (Å²) < 4.78 is 41.9. The van der Waals surface area contributed by atoms with Crippen LogP contribution >= 0.6 is 0 Å². The summed E-state index contributed by atoms with van der Waals surface area (Å²) in [6.07, 6.45) is -5.55. The molecule has 1 fully saturated rings. The molecule has 0 aromatic rings. The lowest BCUT2D eigenvalue weighted by molar-refractivity contribution is -0.172. The van der Waals surface area contributed by atoms with Gasteiger partial charge >= 0.3 is 12.3 Å². The van der Waals surface area contributed by atoms with Crippen LogP contribution in [0.1, 0.15) is 46.5 Å². The maximum atomic E-state index is 12.2. The van der Waals surface area contributed by atoms with Gasteiger partial charge in [0.15, 0.2) is 5.78 Å². The van der Waals surface area contributed by atoms with Crippen molar-refractivity contribution in [2.45, 2.75) is 64.3 Å². The van der Waals surface area contributed by atoms with E-state index in [-0.39, 0.29) is 13.0 Å². The minimum Gasteiger partial charge on any atom is -0.444 e. The lowest BCUT2D eigenvalue weighted by Gasteiger charge is -2.35. The highest BCUT2D eigenvalue weighted by Crippen LogP contribution is 2.24. The number of Topliss-reactive ketones (excluding diaryl/α,β-unsaturated/α-hetero) is 2. The molecule has 0 spiro atoms. The number of amides is 1. The van der Waals surface area contributed by atoms with Crippen LogP contribution in [0, 0.1) is 0 Å². The fraction of sp³-hybridized carbons (Fsp3) is 0.786. The molecule has 1 rings (SSSR count). The maximum Gasteiger partial charge on any atom is 0.450 e. The number of ether oxygens (including phenoxy) is 1. The molecule has 1 saturated heterocycles. The van der Waals surface area contributed by atoms with Crippen molar-refractivity contribution >= 4 is 17.7 Å². The first-order chi connectivity index (χ1) is 9.92. The van der Waals surface area contributed by atoms with Crippen LogP contribution in [0.4, 0.5) is 18.0 Å². The maximum absolute atomic E-state index is 12.2. The van der Waals surface area contributed by atoms with Crippen LogP contribution in [0.2, 0.25) is 0 Å². The number of halogens is 3. The molecule has 0 bridgehead atoms. The molecule has 1 unspecified atom stereocenters. The molecule has 5 nitrogen and oxygen atoms in total. The van der Waals surface area contributed by atoms with Crippen molar-refractivity contribution in [1.82, 2.24) is 4.90 Å². The van der Waals surface area contributed by atoms with Crippen molar-refractivity contribution < 1.29 is 32.3 Å². The van der Waals surface area contributed by atoms with Crippen LogP contribution in [0.25, 0.3) is 0 Å². The Kier molecular flexibility index (Phi) is 5.59. The molecule has 1 aliphatic rings. The molecular formula is C14H20F3NO4. The Labute approximate surface area is 126 Å².